The van der Waals surface area contributed by atoms with Crippen LogP contribution in [0.1, 0.15) is 16.7 Å². The molecule has 0 radical (unpaired) electrons. The minimum Gasteiger partial charge on any atom is -0.457 e. The third-order valence-electron chi connectivity index (χ3n) is 2.85. The van der Waals surface area contributed by atoms with Gasteiger partial charge in [-0.2, -0.15) is 0 Å². The lowest BCUT2D eigenvalue weighted by molar-refractivity contribution is 0.475. The van der Waals surface area contributed by atoms with Gasteiger partial charge in [0.15, 0.2) is 0 Å². The van der Waals surface area contributed by atoms with Crippen LogP contribution >= 0.6 is 11.6 Å². The van der Waals surface area contributed by atoms with E-state index in [2.05, 4.69) is 0 Å². The molecule has 2 aromatic carbocycles. The first-order valence-electron chi connectivity index (χ1n) is 5.84. The van der Waals surface area contributed by atoms with Crippen molar-refractivity contribution >= 4 is 11.6 Å². The Balaban J connectivity index is 2.31. The van der Waals surface area contributed by atoms with Crippen LogP contribution in [0.15, 0.2) is 36.4 Å². The molecule has 0 spiro atoms. The SMILES string of the molecule is Cc1cc(CN)ccc1Oc1cc(Cl)ccc1C. The number of halogens is 1. The molecular formula is C15H16ClNO. The zero-order valence-corrected chi connectivity index (χ0v) is 11.3. The Bertz CT molecular complexity index is 566. The maximum Gasteiger partial charge on any atom is 0.131 e. The summed E-state index contributed by atoms with van der Waals surface area (Å²) in [5.41, 5.74) is 8.83. The molecule has 0 amide bonds. The largest absolute Gasteiger partial charge is 0.457 e. The predicted molar refractivity (Wildman–Crippen MR) is 75.3 cm³/mol. The summed E-state index contributed by atoms with van der Waals surface area (Å²) in [4.78, 5) is 0. The Morgan fingerprint density at radius 2 is 1.78 bits per heavy atom. The van der Waals surface area contributed by atoms with Crippen molar-refractivity contribution in [2.45, 2.75) is 20.4 Å². The van der Waals surface area contributed by atoms with Crippen LogP contribution in [0.2, 0.25) is 5.02 Å². The molecular weight excluding hydrogens is 246 g/mol. The fourth-order valence-corrected chi connectivity index (χ4v) is 1.92. The van der Waals surface area contributed by atoms with Crippen LogP contribution in [-0.4, -0.2) is 0 Å². The molecule has 0 fully saturated rings. The second-order valence-electron chi connectivity index (χ2n) is 4.32. The Morgan fingerprint density at radius 3 is 2.44 bits per heavy atom. The van der Waals surface area contributed by atoms with Crippen LogP contribution in [0.25, 0.3) is 0 Å². The van der Waals surface area contributed by atoms with E-state index in [1.165, 1.54) is 0 Å². The van der Waals surface area contributed by atoms with Gasteiger partial charge in [0.2, 0.25) is 0 Å². The third-order valence-corrected chi connectivity index (χ3v) is 3.08. The molecule has 2 rings (SSSR count). The number of nitrogens with two attached hydrogens (primary N) is 1. The van der Waals surface area contributed by atoms with Gasteiger partial charge in [0.25, 0.3) is 0 Å². The van der Waals surface area contributed by atoms with Crippen LogP contribution in [-0.2, 0) is 6.54 Å². The fourth-order valence-electron chi connectivity index (χ4n) is 1.76. The second kappa shape index (κ2) is 5.42. The van der Waals surface area contributed by atoms with Gasteiger partial charge in [-0.3, -0.25) is 0 Å². The van der Waals surface area contributed by atoms with Crippen LogP contribution < -0.4 is 10.5 Å². The summed E-state index contributed by atoms with van der Waals surface area (Å²) >= 11 is 5.97. The lowest BCUT2D eigenvalue weighted by atomic mass is 10.1. The molecule has 2 aromatic rings. The average molecular weight is 262 g/mol. The summed E-state index contributed by atoms with van der Waals surface area (Å²) in [7, 11) is 0. The van der Waals surface area contributed by atoms with E-state index in [0.717, 1.165) is 28.2 Å². The first-order chi connectivity index (χ1) is 8.60. The fraction of sp³-hybridized carbons (Fsp3) is 0.200. The number of rotatable bonds is 3. The van der Waals surface area contributed by atoms with Gasteiger partial charge in [0, 0.05) is 11.6 Å². The molecule has 0 heterocycles. The summed E-state index contributed by atoms with van der Waals surface area (Å²) < 4.78 is 5.89. The number of ether oxygens (including phenoxy) is 1. The van der Waals surface area contributed by atoms with Gasteiger partial charge in [0.05, 0.1) is 0 Å². The van der Waals surface area contributed by atoms with E-state index in [0.29, 0.717) is 11.6 Å². The first-order valence-corrected chi connectivity index (χ1v) is 6.21. The molecule has 0 saturated heterocycles. The van der Waals surface area contributed by atoms with Gasteiger partial charge in [-0.25, -0.2) is 0 Å². The smallest absolute Gasteiger partial charge is 0.131 e. The number of hydrogen-bond acceptors (Lipinski definition) is 2. The van der Waals surface area contributed by atoms with Crippen molar-refractivity contribution in [1.29, 1.82) is 0 Å². The molecule has 94 valence electrons. The van der Waals surface area contributed by atoms with Crippen LogP contribution in [0.4, 0.5) is 0 Å². The molecule has 0 saturated carbocycles. The van der Waals surface area contributed by atoms with Crippen molar-refractivity contribution < 1.29 is 4.74 Å². The van der Waals surface area contributed by atoms with Gasteiger partial charge in [0.1, 0.15) is 11.5 Å². The number of aryl methyl sites for hydroxylation is 2. The minimum absolute atomic E-state index is 0.539. The van der Waals surface area contributed by atoms with E-state index >= 15 is 0 Å². The molecule has 0 aliphatic rings. The van der Waals surface area contributed by atoms with Gasteiger partial charge >= 0.3 is 0 Å². The summed E-state index contributed by atoms with van der Waals surface area (Å²) in [6.45, 7) is 4.54. The van der Waals surface area contributed by atoms with Crippen molar-refractivity contribution in [3.63, 3.8) is 0 Å². The lowest BCUT2D eigenvalue weighted by Gasteiger charge is -2.12. The first kappa shape index (κ1) is 12.9. The summed E-state index contributed by atoms with van der Waals surface area (Å²) in [5.74, 6) is 1.61. The Hall–Kier alpha value is -1.51. The molecule has 2 N–H and O–H groups in total. The van der Waals surface area contributed by atoms with Crippen molar-refractivity contribution in [1.82, 2.24) is 0 Å². The van der Waals surface area contributed by atoms with Crippen molar-refractivity contribution in [2.24, 2.45) is 5.73 Å². The minimum atomic E-state index is 0.539. The van der Waals surface area contributed by atoms with Crippen molar-refractivity contribution in [3.05, 3.63) is 58.1 Å². The van der Waals surface area contributed by atoms with Gasteiger partial charge in [-0.1, -0.05) is 29.8 Å². The summed E-state index contributed by atoms with van der Waals surface area (Å²) in [5, 5.41) is 0.673. The molecule has 0 aliphatic heterocycles. The molecule has 2 nitrogen and oxygen atoms in total. The normalized spacial score (nSPS) is 10.4. The maximum absolute atomic E-state index is 5.97. The summed E-state index contributed by atoms with van der Waals surface area (Å²) in [6.07, 6.45) is 0. The highest BCUT2D eigenvalue weighted by Crippen LogP contribution is 2.30. The molecule has 0 bridgehead atoms. The molecule has 3 heteroatoms. The molecule has 0 unspecified atom stereocenters. The van der Waals surface area contributed by atoms with Crippen molar-refractivity contribution in [2.75, 3.05) is 0 Å². The van der Waals surface area contributed by atoms with Gasteiger partial charge < -0.3 is 10.5 Å². The molecule has 0 atom stereocenters. The van der Waals surface area contributed by atoms with E-state index < -0.39 is 0 Å². The topological polar surface area (TPSA) is 35.2 Å². The van der Waals surface area contributed by atoms with E-state index in [-0.39, 0.29) is 0 Å². The quantitative estimate of drug-likeness (QED) is 0.898. The third kappa shape index (κ3) is 2.84. The van der Waals surface area contributed by atoms with Crippen LogP contribution in [0, 0.1) is 13.8 Å². The molecule has 0 aromatic heterocycles. The molecule has 18 heavy (non-hydrogen) atoms. The highest BCUT2D eigenvalue weighted by molar-refractivity contribution is 6.30. The summed E-state index contributed by atoms with van der Waals surface area (Å²) in [6, 6.07) is 11.6. The molecule has 0 aliphatic carbocycles. The predicted octanol–water partition coefficient (Wildman–Crippen LogP) is 4.21. The lowest BCUT2D eigenvalue weighted by Crippen LogP contribution is -1.97. The zero-order valence-electron chi connectivity index (χ0n) is 10.5. The van der Waals surface area contributed by atoms with E-state index in [9.17, 15) is 0 Å². The van der Waals surface area contributed by atoms with E-state index in [1.54, 1.807) is 0 Å². The average Bonchev–Trinajstić information content (AvgIpc) is 2.36. The van der Waals surface area contributed by atoms with Crippen LogP contribution in [0.3, 0.4) is 0 Å². The Kier molecular flexibility index (Phi) is 3.90. The van der Waals surface area contributed by atoms with Crippen molar-refractivity contribution in [3.8, 4) is 11.5 Å². The Labute approximate surface area is 112 Å². The number of hydrogen-bond donors (Lipinski definition) is 1. The van der Waals surface area contributed by atoms with Gasteiger partial charge in [-0.15, -0.1) is 0 Å². The highest BCUT2D eigenvalue weighted by atomic mass is 35.5. The van der Waals surface area contributed by atoms with E-state index in [4.69, 9.17) is 22.1 Å². The van der Waals surface area contributed by atoms with Gasteiger partial charge in [-0.05, 0) is 48.7 Å². The Morgan fingerprint density at radius 1 is 1.00 bits per heavy atom. The monoisotopic (exact) mass is 261 g/mol. The van der Waals surface area contributed by atoms with Crippen LogP contribution in [0.5, 0.6) is 11.5 Å². The van der Waals surface area contributed by atoms with E-state index in [1.807, 2.05) is 50.2 Å². The maximum atomic E-state index is 5.97. The zero-order chi connectivity index (χ0) is 13.1. The standard InChI is InChI=1S/C15H16ClNO/c1-10-3-5-13(16)8-15(10)18-14-6-4-12(9-17)7-11(14)2/h3-8H,9,17H2,1-2H3. The number of benzene rings is 2. The highest BCUT2D eigenvalue weighted by Gasteiger charge is 2.05. The second-order valence-corrected chi connectivity index (χ2v) is 4.75.